The van der Waals surface area contributed by atoms with Crippen LogP contribution in [-0.2, 0) is 20.9 Å². The van der Waals surface area contributed by atoms with E-state index in [9.17, 15) is 52.7 Å². The molecule has 4 rings (SSSR count). The summed E-state index contributed by atoms with van der Waals surface area (Å²) in [6.07, 6.45) is -10.2. The highest BCUT2D eigenvalue weighted by Crippen LogP contribution is 2.50. The highest BCUT2D eigenvalue weighted by molar-refractivity contribution is 5.73. The van der Waals surface area contributed by atoms with Crippen LogP contribution in [-0.4, -0.2) is 98.7 Å². The second-order valence-electron chi connectivity index (χ2n) is 9.69. The molecule has 4 heterocycles. The largest absolute Gasteiger partial charge is 0.490 e. The molecular formula is C25H24F12N4O6. The summed E-state index contributed by atoms with van der Waals surface area (Å²) >= 11 is 0. The van der Waals surface area contributed by atoms with Gasteiger partial charge in [-0.1, -0.05) is 0 Å². The molecule has 2 aliphatic heterocycles. The summed E-state index contributed by atoms with van der Waals surface area (Å²) in [5.74, 6) is -11.3. The molecule has 0 aliphatic carbocycles. The summed E-state index contributed by atoms with van der Waals surface area (Å²) in [5, 5.41) is 21.4. The number of carbonyl (C=O) groups is 3. The lowest BCUT2D eigenvalue weighted by molar-refractivity contribution is -0.193. The summed E-state index contributed by atoms with van der Waals surface area (Å²) in [6.45, 7) is 1.80. The summed E-state index contributed by atoms with van der Waals surface area (Å²) < 4.78 is 139. The van der Waals surface area contributed by atoms with Crippen LogP contribution < -0.4 is 4.90 Å². The van der Waals surface area contributed by atoms with Crippen molar-refractivity contribution in [3.8, 4) is 0 Å². The number of alkyl halides is 11. The number of pyridine rings is 2. The molecule has 0 amide bonds. The molecule has 2 fully saturated rings. The molecule has 0 bridgehead atoms. The molecule has 10 nitrogen and oxygen atoms in total. The highest BCUT2D eigenvalue weighted by atomic mass is 19.4. The van der Waals surface area contributed by atoms with Crippen LogP contribution in [0.15, 0.2) is 42.9 Å². The van der Waals surface area contributed by atoms with Crippen LogP contribution >= 0.6 is 0 Å². The van der Waals surface area contributed by atoms with Gasteiger partial charge in [0.25, 0.3) is 5.92 Å². The van der Waals surface area contributed by atoms with E-state index in [0.29, 0.717) is 32.6 Å². The summed E-state index contributed by atoms with van der Waals surface area (Å²) in [5.41, 5.74) is -0.103. The number of halogens is 12. The van der Waals surface area contributed by atoms with E-state index in [2.05, 4.69) is 14.9 Å². The second kappa shape index (κ2) is 16.0. The number of hydrogen-bond acceptors (Lipinski definition) is 7. The lowest BCUT2D eigenvalue weighted by Gasteiger charge is -2.46. The van der Waals surface area contributed by atoms with Gasteiger partial charge in [0.15, 0.2) is 11.6 Å². The van der Waals surface area contributed by atoms with Crippen molar-refractivity contribution in [2.24, 2.45) is 5.41 Å². The van der Waals surface area contributed by atoms with E-state index in [1.54, 1.807) is 17.3 Å². The Morgan fingerprint density at radius 1 is 0.745 bits per heavy atom. The van der Waals surface area contributed by atoms with Crippen LogP contribution in [0.4, 0.5) is 58.5 Å². The van der Waals surface area contributed by atoms with E-state index in [1.165, 1.54) is 18.3 Å². The molecular weight excluding hydrogens is 680 g/mol. The number of rotatable bonds is 3. The van der Waals surface area contributed by atoms with Gasteiger partial charge in [-0.2, -0.15) is 39.5 Å². The first kappa shape index (κ1) is 40.7. The first-order chi connectivity index (χ1) is 21.3. The Morgan fingerprint density at radius 2 is 1.21 bits per heavy atom. The van der Waals surface area contributed by atoms with E-state index in [4.69, 9.17) is 29.7 Å². The fourth-order valence-electron chi connectivity index (χ4n) is 4.16. The molecule has 264 valence electrons. The van der Waals surface area contributed by atoms with Crippen LogP contribution in [0, 0.1) is 11.2 Å². The van der Waals surface area contributed by atoms with Crippen LogP contribution in [0.1, 0.15) is 18.4 Å². The third-order valence-electron chi connectivity index (χ3n) is 6.32. The Labute approximate surface area is 256 Å². The van der Waals surface area contributed by atoms with Crippen LogP contribution in [0.5, 0.6) is 0 Å². The van der Waals surface area contributed by atoms with Crippen molar-refractivity contribution in [2.45, 2.75) is 43.8 Å². The Hall–Kier alpha value is -4.37. The van der Waals surface area contributed by atoms with Crippen molar-refractivity contribution in [3.05, 3.63) is 54.2 Å². The van der Waals surface area contributed by atoms with Gasteiger partial charge in [-0.3, -0.25) is 9.88 Å². The first-order valence-electron chi connectivity index (χ1n) is 12.6. The van der Waals surface area contributed by atoms with Gasteiger partial charge in [-0.15, -0.1) is 0 Å². The predicted molar refractivity (Wildman–Crippen MR) is 134 cm³/mol. The van der Waals surface area contributed by atoms with Crippen LogP contribution in [0.2, 0.25) is 0 Å². The third-order valence-corrected chi connectivity index (χ3v) is 6.32. The van der Waals surface area contributed by atoms with Crippen LogP contribution in [0.3, 0.4) is 0 Å². The van der Waals surface area contributed by atoms with Crippen molar-refractivity contribution < 1.29 is 82.4 Å². The van der Waals surface area contributed by atoms with Crippen molar-refractivity contribution >= 4 is 23.7 Å². The number of nitrogens with zero attached hydrogens (tertiary/aromatic N) is 4. The molecule has 2 aliphatic rings. The van der Waals surface area contributed by atoms with Crippen molar-refractivity contribution in [2.75, 3.05) is 31.1 Å². The monoisotopic (exact) mass is 704 g/mol. The minimum atomic E-state index is -5.08. The zero-order valence-corrected chi connectivity index (χ0v) is 23.4. The average molecular weight is 704 g/mol. The SMILES string of the molecule is Fc1cccnc1N1CCC2(CN(Cc3ccncc3)CCC2(F)F)C1.O=C(O)C(F)(F)F.O=C(O)C(F)(F)F.O=C(O)C(F)(F)F. The van der Waals surface area contributed by atoms with Gasteiger partial charge < -0.3 is 20.2 Å². The average Bonchev–Trinajstić information content (AvgIpc) is 3.36. The van der Waals surface area contributed by atoms with Gasteiger partial charge in [-0.25, -0.2) is 32.5 Å². The zero-order valence-electron chi connectivity index (χ0n) is 23.4. The van der Waals surface area contributed by atoms with Gasteiger partial charge in [0, 0.05) is 57.7 Å². The number of carboxylic acid groups (broad SMARTS) is 3. The molecule has 22 heteroatoms. The van der Waals surface area contributed by atoms with Gasteiger partial charge >= 0.3 is 36.4 Å². The smallest absolute Gasteiger partial charge is 0.475 e. The lowest BCUT2D eigenvalue weighted by Crippen LogP contribution is -2.56. The van der Waals surface area contributed by atoms with E-state index >= 15 is 0 Å². The fraction of sp³-hybridized carbons (Fsp3) is 0.480. The summed E-state index contributed by atoms with van der Waals surface area (Å²) in [7, 11) is 0. The molecule has 0 radical (unpaired) electrons. The van der Waals surface area contributed by atoms with E-state index < -0.39 is 53.6 Å². The number of aliphatic carboxylic acids is 3. The molecule has 3 N–H and O–H groups in total. The molecule has 0 saturated carbocycles. The topological polar surface area (TPSA) is 144 Å². The van der Waals surface area contributed by atoms with E-state index in [1.807, 2.05) is 12.1 Å². The zero-order chi connectivity index (χ0) is 36.4. The molecule has 2 aromatic rings. The Kier molecular flexibility index (Phi) is 13.8. The minimum absolute atomic E-state index is 0.126. The fourth-order valence-corrected chi connectivity index (χ4v) is 4.16. The molecule has 1 unspecified atom stereocenters. The molecule has 1 atom stereocenters. The third kappa shape index (κ3) is 12.7. The Morgan fingerprint density at radius 3 is 1.64 bits per heavy atom. The van der Waals surface area contributed by atoms with Gasteiger partial charge in [0.2, 0.25) is 0 Å². The number of likely N-dealkylation sites (tertiary alicyclic amines) is 1. The Bertz CT molecular complexity index is 1290. The number of carboxylic acids is 3. The number of hydrogen-bond donors (Lipinski definition) is 3. The normalized spacial score (nSPS) is 19.3. The maximum absolute atomic E-state index is 14.9. The van der Waals surface area contributed by atoms with Crippen LogP contribution in [0.25, 0.3) is 0 Å². The van der Waals surface area contributed by atoms with Gasteiger partial charge in [0.1, 0.15) is 0 Å². The molecule has 47 heavy (non-hydrogen) atoms. The molecule has 2 saturated heterocycles. The van der Waals surface area contributed by atoms with Gasteiger partial charge in [0.05, 0.1) is 5.41 Å². The predicted octanol–water partition coefficient (Wildman–Crippen LogP) is 5.25. The van der Waals surface area contributed by atoms with Crippen molar-refractivity contribution in [3.63, 3.8) is 0 Å². The molecule has 1 spiro atoms. The van der Waals surface area contributed by atoms with Crippen molar-refractivity contribution in [1.29, 1.82) is 0 Å². The van der Waals surface area contributed by atoms with Crippen molar-refractivity contribution in [1.82, 2.24) is 14.9 Å². The number of piperidine rings is 1. The minimum Gasteiger partial charge on any atom is -0.475 e. The van der Waals surface area contributed by atoms with E-state index in [0.717, 1.165) is 5.56 Å². The molecule has 2 aromatic heterocycles. The standard InChI is InChI=1S/C19H21F3N4.3C2HF3O2/c20-16-2-1-7-24-17(16)26-11-5-18(14-26)13-25(10-6-19(18,21)22)12-15-3-8-23-9-4-15;3*3-2(4,5)1(6)7/h1-4,7-9H,5-6,10-14H2;3*(H,6,7). The first-order valence-corrected chi connectivity index (χ1v) is 12.6. The maximum Gasteiger partial charge on any atom is 0.490 e. The summed E-state index contributed by atoms with van der Waals surface area (Å²) in [6, 6.07) is 6.64. The Balaban J connectivity index is 0.000000430. The summed E-state index contributed by atoms with van der Waals surface area (Å²) in [4.78, 5) is 38.5. The quantitative estimate of drug-likeness (QED) is 0.363. The number of anilines is 1. The molecule has 0 aromatic carbocycles. The highest BCUT2D eigenvalue weighted by Gasteiger charge is 2.59. The maximum atomic E-state index is 14.9. The van der Waals surface area contributed by atoms with E-state index in [-0.39, 0.29) is 18.8 Å². The van der Waals surface area contributed by atoms with Gasteiger partial charge in [-0.05, 0) is 36.2 Å². The lowest BCUT2D eigenvalue weighted by atomic mass is 9.75. The number of aromatic nitrogens is 2. The second-order valence-corrected chi connectivity index (χ2v) is 9.69.